The Kier molecular flexibility index (Phi) is 5.37. The van der Waals surface area contributed by atoms with E-state index in [2.05, 4.69) is 20.4 Å². The zero-order chi connectivity index (χ0) is 17.3. The van der Waals surface area contributed by atoms with Crippen molar-refractivity contribution in [1.82, 2.24) is 0 Å². The summed E-state index contributed by atoms with van der Waals surface area (Å²) in [5.41, 5.74) is 1.23. The minimum absolute atomic E-state index is 0.0423. The summed E-state index contributed by atoms with van der Waals surface area (Å²) in [7, 11) is 0. The molecule has 2 rings (SSSR count). The van der Waals surface area contributed by atoms with Gasteiger partial charge in [0.05, 0.1) is 12.2 Å². The first kappa shape index (κ1) is 18.2. The van der Waals surface area contributed by atoms with Gasteiger partial charge < -0.3 is 15.3 Å². The van der Waals surface area contributed by atoms with E-state index in [1.165, 1.54) is 5.57 Å². The molecule has 0 heterocycles. The number of rotatable bonds is 5. The molecule has 0 unspecified atom stereocenters. The topological polar surface area (TPSA) is 77.8 Å². The highest BCUT2D eigenvalue weighted by molar-refractivity contribution is 5.86. The average Bonchev–Trinajstić information content (AvgIpc) is 2.49. The molecule has 130 valence electrons. The fourth-order valence-corrected chi connectivity index (χ4v) is 5.19. The van der Waals surface area contributed by atoms with Crippen LogP contribution < -0.4 is 0 Å². The summed E-state index contributed by atoms with van der Waals surface area (Å²) in [6.07, 6.45) is 7.49. The van der Waals surface area contributed by atoms with Gasteiger partial charge in [-0.25, -0.2) is 4.79 Å². The second kappa shape index (κ2) is 6.78. The molecular weight excluding hydrogens is 292 g/mol. The Bertz CT molecular complexity index is 509. The molecule has 0 aromatic heterocycles. The van der Waals surface area contributed by atoms with Crippen molar-refractivity contribution in [2.24, 2.45) is 22.7 Å². The van der Waals surface area contributed by atoms with E-state index in [9.17, 15) is 15.0 Å². The number of fused-ring (bicyclic) bond motifs is 1. The molecule has 0 aromatic rings. The Morgan fingerprint density at radius 1 is 1.35 bits per heavy atom. The van der Waals surface area contributed by atoms with Crippen molar-refractivity contribution in [3.05, 3.63) is 23.8 Å². The van der Waals surface area contributed by atoms with Crippen molar-refractivity contribution < 1.29 is 20.1 Å². The van der Waals surface area contributed by atoms with Crippen LogP contribution in [0.25, 0.3) is 0 Å². The zero-order valence-electron chi connectivity index (χ0n) is 14.3. The monoisotopic (exact) mass is 322 g/mol. The molecule has 3 N–H and O–H groups in total. The van der Waals surface area contributed by atoms with Gasteiger partial charge in [-0.15, -0.1) is 0 Å². The summed E-state index contributed by atoms with van der Waals surface area (Å²) in [4.78, 5) is 11.1. The number of hydrogen-bond donors (Lipinski definition) is 3. The molecule has 0 spiro atoms. The first-order chi connectivity index (χ1) is 10.8. The summed E-state index contributed by atoms with van der Waals surface area (Å²) < 4.78 is 0. The molecule has 0 amide bonds. The van der Waals surface area contributed by atoms with Crippen molar-refractivity contribution in [3.63, 3.8) is 0 Å². The van der Waals surface area contributed by atoms with E-state index in [0.717, 1.165) is 32.1 Å². The maximum absolute atomic E-state index is 11.1. The molecule has 4 atom stereocenters. The van der Waals surface area contributed by atoms with E-state index in [0.29, 0.717) is 12.3 Å². The van der Waals surface area contributed by atoms with Crippen molar-refractivity contribution in [2.75, 3.05) is 13.2 Å². The number of aliphatic hydroxyl groups excluding tert-OH is 2. The fourth-order valence-electron chi connectivity index (χ4n) is 5.19. The molecule has 2 fully saturated rings. The standard InChI is InChI=1S/C19H30O4/c1-13-5-8-16-18(2,12-21)9-4-10-19(16,3)15(13)7-6-14(11-20)17(22)23/h6,15-16,20-21H,1,4-5,7-12H2,2-3H3,(H,22,23)/b14-6-/t15-,16-,18+,19+/m1/s1. The Labute approximate surface area is 138 Å². The second-order valence-corrected chi connectivity index (χ2v) is 7.90. The lowest BCUT2D eigenvalue weighted by Gasteiger charge is -2.58. The smallest absolute Gasteiger partial charge is 0.333 e. The molecule has 0 saturated heterocycles. The van der Waals surface area contributed by atoms with Crippen LogP contribution >= 0.6 is 0 Å². The summed E-state index contributed by atoms with van der Waals surface area (Å²) in [6, 6.07) is 0. The molecule has 4 heteroatoms. The first-order valence-electron chi connectivity index (χ1n) is 8.60. The molecule has 0 bridgehead atoms. The first-order valence-corrected chi connectivity index (χ1v) is 8.60. The summed E-state index contributed by atoms with van der Waals surface area (Å²) in [5, 5.41) is 28.2. The third kappa shape index (κ3) is 3.24. The van der Waals surface area contributed by atoms with Gasteiger partial charge in [-0.05, 0) is 54.8 Å². The Balaban J connectivity index is 2.30. The van der Waals surface area contributed by atoms with Crippen LogP contribution in [0.3, 0.4) is 0 Å². The number of hydrogen-bond acceptors (Lipinski definition) is 3. The van der Waals surface area contributed by atoms with Crippen LogP contribution in [0.2, 0.25) is 0 Å². The largest absolute Gasteiger partial charge is 0.478 e. The van der Waals surface area contributed by atoms with Gasteiger partial charge in [0.15, 0.2) is 0 Å². The van der Waals surface area contributed by atoms with E-state index in [1.807, 2.05) is 0 Å². The van der Waals surface area contributed by atoms with E-state index in [4.69, 9.17) is 5.11 Å². The van der Waals surface area contributed by atoms with Gasteiger partial charge in [-0.1, -0.05) is 38.5 Å². The Morgan fingerprint density at radius 2 is 2.04 bits per heavy atom. The third-order valence-electron chi connectivity index (χ3n) is 6.55. The summed E-state index contributed by atoms with van der Waals surface area (Å²) >= 11 is 0. The number of carboxylic acid groups (broad SMARTS) is 1. The quantitative estimate of drug-likeness (QED) is 0.537. The second-order valence-electron chi connectivity index (χ2n) is 7.90. The maximum atomic E-state index is 11.1. The average molecular weight is 322 g/mol. The summed E-state index contributed by atoms with van der Waals surface area (Å²) in [5.74, 6) is -0.409. The van der Waals surface area contributed by atoms with Crippen molar-refractivity contribution in [2.45, 2.75) is 52.4 Å². The predicted octanol–water partition coefficient (Wildman–Crippen LogP) is 3.15. The van der Waals surface area contributed by atoms with E-state index in [-0.39, 0.29) is 28.9 Å². The Hall–Kier alpha value is -1.13. The van der Waals surface area contributed by atoms with E-state index >= 15 is 0 Å². The number of aliphatic carboxylic acids is 1. The summed E-state index contributed by atoms with van der Waals surface area (Å²) in [6.45, 7) is 8.49. The predicted molar refractivity (Wildman–Crippen MR) is 89.9 cm³/mol. The minimum Gasteiger partial charge on any atom is -0.478 e. The fraction of sp³-hybridized carbons (Fsp3) is 0.737. The molecule has 2 aliphatic rings. The van der Waals surface area contributed by atoms with Gasteiger partial charge in [-0.3, -0.25) is 0 Å². The van der Waals surface area contributed by atoms with Crippen LogP contribution in [0.1, 0.15) is 52.4 Å². The van der Waals surface area contributed by atoms with Gasteiger partial charge in [0, 0.05) is 6.61 Å². The molecule has 0 aliphatic heterocycles. The lowest BCUT2D eigenvalue weighted by molar-refractivity contribution is -0.133. The molecule has 2 aliphatic carbocycles. The van der Waals surface area contributed by atoms with Crippen LogP contribution in [0.5, 0.6) is 0 Å². The molecular formula is C19H30O4. The van der Waals surface area contributed by atoms with E-state index in [1.54, 1.807) is 6.08 Å². The van der Waals surface area contributed by atoms with Crippen molar-refractivity contribution >= 4 is 5.97 Å². The lowest BCUT2D eigenvalue weighted by Crippen LogP contribution is -2.51. The molecule has 4 nitrogen and oxygen atoms in total. The Morgan fingerprint density at radius 3 is 2.61 bits per heavy atom. The zero-order valence-corrected chi connectivity index (χ0v) is 14.3. The van der Waals surface area contributed by atoms with Gasteiger partial charge in [0.1, 0.15) is 0 Å². The SMILES string of the molecule is C=C1CC[C@@H]2[C@](C)(CO)CCC[C@@]2(C)[C@@H]1C/C=C(/CO)C(=O)O. The van der Waals surface area contributed by atoms with Gasteiger partial charge >= 0.3 is 5.97 Å². The minimum atomic E-state index is -1.06. The number of allylic oxidation sites excluding steroid dienone is 2. The number of carbonyl (C=O) groups is 1. The van der Waals surface area contributed by atoms with Crippen LogP contribution in [0, 0.1) is 22.7 Å². The molecule has 0 radical (unpaired) electrons. The number of carboxylic acids is 1. The van der Waals surface area contributed by atoms with Gasteiger partial charge in [-0.2, -0.15) is 0 Å². The van der Waals surface area contributed by atoms with Crippen molar-refractivity contribution in [1.29, 1.82) is 0 Å². The van der Waals surface area contributed by atoms with E-state index < -0.39 is 12.6 Å². The van der Waals surface area contributed by atoms with Crippen LogP contribution in [-0.2, 0) is 4.79 Å². The highest BCUT2D eigenvalue weighted by atomic mass is 16.4. The lowest BCUT2D eigenvalue weighted by atomic mass is 9.47. The normalized spacial score (nSPS) is 38.3. The van der Waals surface area contributed by atoms with Crippen LogP contribution in [0.4, 0.5) is 0 Å². The molecule has 2 saturated carbocycles. The van der Waals surface area contributed by atoms with Crippen LogP contribution in [-0.4, -0.2) is 34.5 Å². The van der Waals surface area contributed by atoms with Gasteiger partial charge in [0.25, 0.3) is 0 Å². The highest BCUT2D eigenvalue weighted by Gasteiger charge is 2.53. The molecule has 23 heavy (non-hydrogen) atoms. The van der Waals surface area contributed by atoms with Crippen LogP contribution in [0.15, 0.2) is 23.8 Å². The maximum Gasteiger partial charge on any atom is 0.333 e. The number of aliphatic hydroxyl groups is 2. The molecule has 0 aromatic carbocycles. The van der Waals surface area contributed by atoms with Crippen molar-refractivity contribution in [3.8, 4) is 0 Å². The van der Waals surface area contributed by atoms with Gasteiger partial charge in [0.2, 0.25) is 0 Å². The highest BCUT2D eigenvalue weighted by Crippen LogP contribution is 2.61. The third-order valence-corrected chi connectivity index (χ3v) is 6.55.